The fraction of sp³-hybridized carbons (Fsp3) is 1.00. The second-order valence-corrected chi connectivity index (χ2v) is 9.64. The van der Waals surface area contributed by atoms with Crippen molar-refractivity contribution in [3.8, 4) is 0 Å². The highest BCUT2D eigenvalue weighted by atomic mass is 16.6. The molecule has 0 spiro atoms. The Morgan fingerprint density at radius 1 is 0.415 bits per heavy atom. The lowest BCUT2D eigenvalue weighted by atomic mass is 10.3. The van der Waals surface area contributed by atoms with Gasteiger partial charge in [-0.05, 0) is 52.4 Å². The Morgan fingerprint density at radius 2 is 0.805 bits per heavy atom. The smallest absolute Gasteiger partial charge is 0.0701 e. The Morgan fingerprint density at radius 3 is 1.27 bits per heavy atom. The van der Waals surface area contributed by atoms with Crippen LogP contribution in [0, 0.1) is 0 Å². The van der Waals surface area contributed by atoms with Gasteiger partial charge in [-0.3, -0.25) is 0 Å². The zero-order chi connectivity index (χ0) is 29.2. The molecule has 0 aliphatic carbocycles. The maximum atomic E-state index is 5.76. The topological polar surface area (TPSA) is 113 Å². The van der Waals surface area contributed by atoms with Gasteiger partial charge in [-0.15, -0.1) is 0 Å². The summed E-state index contributed by atoms with van der Waals surface area (Å²) in [4.78, 5) is 2.55. The molecule has 1 aliphatic rings. The van der Waals surface area contributed by atoms with Gasteiger partial charge in [-0.2, -0.15) is 0 Å². The monoisotopic (exact) mass is 594 g/mol. The normalized spacial score (nSPS) is 16.6. The van der Waals surface area contributed by atoms with Gasteiger partial charge in [-0.1, -0.05) is 0 Å². The van der Waals surface area contributed by atoms with Gasteiger partial charge < -0.3 is 58.7 Å². The Bertz CT molecular complexity index is 486. The highest BCUT2D eigenvalue weighted by molar-refractivity contribution is 4.63. The van der Waals surface area contributed by atoms with Crippen molar-refractivity contribution in [2.75, 3.05) is 165 Å². The SMILES string of the molecule is CCOCCOCCOCCOCCOCCOCCOCCOCCCN1CCCNCCNCCCNCC1. The van der Waals surface area contributed by atoms with Crippen LogP contribution >= 0.6 is 0 Å². The lowest BCUT2D eigenvalue weighted by Gasteiger charge is -2.23. The number of rotatable bonds is 26. The van der Waals surface area contributed by atoms with Crippen molar-refractivity contribution in [2.45, 2.75) is 26.2 Å². The van der Waals surface area contributed by atoms with Crippen molar-refractivity contribution >= 4 is 0 Å². The molecule has 0 unspecified atom stereocenters. The minimum absolute atomic E-state index is 0.543. The average molecular weight is 595 g/mol. The van der Waals surface area contributed by atoms with Gasteiger partial charge in [-0.25, -0.2) is 0 Å². The minimum Gasteiger partial charge on any atom is -0.379 e. The van der Waals surface area contributed by atoms with Gasteiger partial charge in [0.2, 0.25) is 0 Å². The first-order chi connectivity index (χ1) is 20.4. The lowest BCUT2D eigenvalue weighted by Crippen LogP contribution is -2.37. The molecule has 246 valence electrons. The molecule has 1 heterocycles. The van der Waals surface area contributed by atoms with Crippen LogP contribution in [0.5, 0.6) is 0 Å². The zero-order valence-electron chi connectivity index (χ0n) is 26.0. The van der Waals surface area contributed by atoms with Crippen LogP contribution in [0.15, 0.2) is 0 Å². The van der Waals surface area contributed by atoms with E-state index in [-0.39, 0.29) is 0 Å². The molecule has 12 heteroatoms. The van der Waals surface area contributed by atoms with Crippen molar-refractivity contribution in [3.05, 3.63) is 0 Å². The molecule has 0 aromatic carbocycles. The molecule has 41 heavy (non-hydrogen) atoms. The molecule has 0 saturated carbocycles. The molecule has 0 aromatic heterocycles. The number of ether oxygens (including phenoxy) is 8. The van der Waals surface area contributed by atoms with Crippen LogP contribution in [-0.4, -0.2) is 170 Å². The van der Waals surface area contributed by atoms with Crippen molar-refractivity contribution in [1.82, 2.24) is 20.9 Å². The molecule has 3 N–H and O–H groups in total. The number of hydrogen-bond donors (Lipinski definition) is 3. The van der Waals surface area contributed by atoms with Gasteiger partial charge in [0.25, 0.3) is 0 Å². The van der Waals surface area contributed by atoms with E-state index in [1.807, 2.05) is 6.92 Å². The van der Waals surface area contributed by atoms with Gasteiger partial charge >= 0.3 is 0 Å². The minimum atomic E-state index is 0.543. The Kier molecular flexibility index (Phi) is 32.0. The molecule has 0 aromatic rings. The van der Waals surface area contributed by atoms with Gasteiger partial charge in [0.1, 0.15) is 0 Å². The van der Waals surface area contributed by atoms with E-state index in [9.17, 15) is 0 Å². The quantitative estimate of drug-likeness (QED) is 0.121. The van der Waals surface area contributed by atoms with E-state index >= 15 is 0 Å². The fourth-order valence-corrected chi connectivity index (χ4v) is 3.96. The van der Waals surface area contributed by atoms with Gasteiger partial charge in [0.05, 0.1) is 92.5 Å². The number of nitrogens with zero attached hydrogens (tertiary/aromatic N) is 1. The van der Waals surface area contributed by atoms with Crippen molar-refractivity contribution in [1.29, 1.82) is 0 Å². The summed E-state index contributed by atoms with van der Waals surface area (Å²) in [6.45, 7) is 21.1. The molecule has 1 fully saturated rings. The fourth-order valence-electron chi connectivity index (χ4n) is 3.96. The van der Waals surface area contributed by atoms with E-state index in [1.165, 1.54) is 12.8 Å². The number of nitrogens with one attached hydrogen (secondary N) is 3. The van der Waals surface area contributed by atoms with E-state index in [4.69, 9.17) is 37.9 Å². The highest BCUT2D eigenvalue weighted by Crippen LogP contribution is 1.96. The van der Waals surface area contributed by atoms with E-state index in [2.05, 4.69) is 20.9 Å². The molecule has 12 nitrogen and oxygen atoms in total. The van der Waals surface area contributed by atoms with Crippen LogP contribution in [-0.2, 0) is 37.9 Å². The van der Waals surface area contributed by atoms with E-state index in [0.717, 1.165) is 78.5 Å². The van der Waals surface area contributed by atoms with Crippen LogP contribution in [0.25, 0.3) is 0 Å². The predicted octanol–water partition coefficient (Wildman–Crippen LogP) is 0.394. The molecule has 0 atom stereocenters. The summed E-state index contributed by atoms with van der Waals surface area (Å²) in [6, 6.07) is 0. The maximum Gasteiger partial charge on any atom is 0.0701 e. The molecular weight excluding hydrogens is 532 g/mol. The maximum absolute atomic E-state index is 5.76. The Labute approximate surface area is 249 Å². The Balaban J connectivity index is 1.76. The van der Waals surface area contributed by atoms with Gasteiger partial charge in [0, 0.05) is 45.9 Å². The molecule has 1 aliphatic heterocycles. The standard InChI is InChI=1S/C29H62N4O8/c1-2-34-16-17-36-20-21-38-24-25-40-28-29-41-27-26-39-23-22-37-19-18-35-15-5-13-33-12-4-8-31-10-9-30-6-3-7-32-11-14-33/h30-32H,2-29H2,1H3. The number of hydrogen-bond acceptors (Lipinski definition) is 12. The van der Waals surface area contributed by atoms with E-state index < -0.39 is 0 Å². The van der Waals surface area contributed by atoms with Crippen molar-refractivity contribution in [3.63, 3.8) is 0 Å². The Hall–Kier alpha value is -0.480. The van der Waals surface area contributed by atoms with Crippen LogP contribution < -0.4 is 16.0 Å². The molecule has 1 saturated heterocycles. The zero-order valence-corrected chi connectivity index (χ0v) is 26.0. The molecule has 0 radical (unpaired) electrons. The van der Waals surface area contributed by atoms with Crippen LogP contribution in [0.4, 0.5) is 0 Å². The highest BCUT2D eigenvalue weighted by Gasteiger charge is 2.05. The molecular formula is C29H62N4O8. The summed E-state index contributed by atoms with van der Waals surface area (Å²) in [6.07, 6.45) is 3.41. The summed E-state index contributed by atoms with van der Waals surface area (Å²) in [5.74, 6) is 0. The summed E-state index contributed by atoms with van der Waals surface area (Å²) >= 11 is 0. The van der Waals surface area contributed by atoms with Gasteiger partial charge in [0.15, 0.2) is 0 Å². The van der Waals surface area contributed by atoms with Crippen molar-refractivity contribution < 1.29 is 37.9 Å². The first-order valence-corrected chi connectivity index (χ1v) is 15.9. The largest absolute Gasteiger partial charge is 0.379 e. The van der Waals surface area contributed by atoms with E-state index in [0.29, 0.717) is 92.5 Å². The van der Waals surface area contributed by atoms with Crippen LogP contribution in [0.1, 0.15) is 26.2 Å². The summed E-state index contributed by atoms with van der Waals surface area (Å²) in [7, 11) is 0. The first kappa shape index (κ1) is 38.5. The van der Waals surface area contributed by atoms with Crippen LogP contribution in [0.2, 0.25) is 0 Å². The molecule has 1 rings (SSSR count). The third-order valence-corrected chi connectivity index (χ3v) is 6.19. The first-order valence-electron chi connectivity index (χ1n) is 15.9. The molecule has 0 bridgehead atoms. The van der Waals surface area contributed by atoms with Crippen LogP contribution in [0.3, 0.4) is 0 Å². The summed E-state index contributed by atoms with van der Waals surface area (Å²) in [5.41, 5.74) is 0. The molecule has 0 amide bonds. The summed E-state index contributed by atoms with van der Waals surface area (Å²) in [5, 5.41) is 10.6. The summed E-state index contributed by atoms with van der Waals surface area (Å²) < 4.78 is 43.8. The average Bonchev–Trinajstić information content (AvgIpc) is 2.98. The third kappa shape index (κ3) is 30.8. The lowest BCUT2D eigenvalue weighted by molar-refractivity contribution is -0.0229. The second-order valence-electron chi connectivity index (χ2n) is 9.64. The predicted molar refractivity (Wildman–Crippen MR) is 161 cm³/mol. The van der Waals surface area contributed by atoms with E-state index in [1.54, 1.807) is 0 Å². The second kappa shape index (κ2) is 34.0. The third-order valence-electron chi connectivity index (χ3n) is 6.19. The van der Waals surface area contributed by atoms with Crippen molar-refractivity contribution in [2.24, 2.45) is 0 Å².